The Balaban J connectivity index is 1.69. The average molecular weight is 424 g/mol. The largest absolute Gasteiger partial charge is 0.496 e. The van der Waals surface area contributed by atoms with Crippen LogP contribution >= 0.6 is 0 Å². The minimum atomic E-state index is -1.36. The van der Waals surface area contributed by atoms with Crippen molar-refractivity contribution in [1.29, 1.82) is 0 Å². The van der Waals surface area contributed by atoms with Crippen molar-refractivity contribution in [3.8, 4) is 17.2 Å². The Morgan fingerprint density at radius 2 is 1.55 bits per heavy atom. The highest BCUT2D eigenvalue weighted by Crippen LogP contribution is 2.43. The summed E-state index contributed by atoms with van der Waals surface area (Å²) in [4.78, 5) is 33.2. The number of hydrogen-bond acceptors (Lipinski definition) is 7. The van der Waals surface area contributed by atoms with Crippen LogP contribution in [0.5, 0.6) is 17.2 Å². The van der Waals surface area contributed by atoms with Crippen LogP contribution in [-0.4, -0.2) is 44.5 Å². The van der Waals surface area contributed by atoms with Gasteiger partial charge < -0.3 is 19.0 Å². The zero-order valence-corrected chi connectivity index (χ0v) is 18.1. The topological polar surface area (TPSA) is 86.7 Å². The number of hydrogen-bond donors (Lipinski definition) is 0. The SMILES string of the molecule is COc1cc(OC)c(C2=NO[C@]3(CC(=O)N(c4c(C)cccc4C)C3=O)C2)cc1OC. The monoisotopic (exact) mass is 424 g/mol. The summed E-state index contributed by atoms with van der Waals surface area (Å²) in [6, 6.07) is 9.06. The number of methoxy groups -OCH3 is 3. The summed E-state index contributed by atoms with van der Waals surface area (Å²) >= 11 is 0. The third kappa shape index (κ3) is 3.19. The third-order valence-corrected chi connectivity index (χ3v) is 5.74. The van der Waals surface area contributed by atoms with Crippen molar-refractivity contribution in [3.05, 3.63) is 47.0 Å². The fourth-order valence-corrected chi connectivity index (χ4v) is 4.19. The van der Waals surface area contributed by atoms with Crippen LogP contribution in [0.15, 0.2) is 35.5 Å². The van der Waals surface area contributed by atoms with Gasteiger partial charge in [-0.15, -0.1) is 0 Å². The zero-order chi connectivity index (χ0) is 22.3. The fourth-order valence-electron chi connectivity index (χ4n) is 4.19. The van der Waals surface area contributed by atoms with E-state index in [9.17, 15) is 9.59 Å². The predicted molar refractivity (Wildman–Crippen MR) is 114 cm³/mol. The molecule has 1 atom stereocenters. The quantitative estimate of drug-likeness (QED) is 0.686. The van der Waals surface area contributed by atoms with Gasteiger partial charge in [-0.25, -0.2) is 4.90 Å². The molecule has 31 heavy (non-hydrogen) atoms. The van der Waals surface area contributed by atoms with Crippen LogP contribution in [-0.2, 0) is 14.4 Å². The molecular weight excluding hydrogens is 400 g/mol. The van der Waals surface area contributed by atoms with Crippen LogP contribution in [0.1, 0.15) is 29.5 Å². The van der Waals surface area contributed by atoms with Crippen LogP contribution < -0.4 is 19.1 Å². The number of para-hydroxylation sites is 1. The number of carbonyl (C=O) groups excluding carboxylic acids is 2. The molecule has 8 nitrogen and oxygen atoms in total. The van der Waals surface area contributed by atoms with Crippen LogP contribution in [0.2, 0.25) is 0 Å². The van der Waals surface area contributed by atoms with Gasteiger partial charge in [0.25, 0.3) is 5.91 Å². The highest BCUT2D eigenvalue weighted by atomic mass is 16.7. The second-order valence-electron chi connectivity index (χ2n) is 7.66. The summed E-state index contributed by atoms with van der Waals surface area (Å²) in [6.07, 6.45) is 0.0626. The predicted octanol–water partition coefficient (Wildman–Crippen LogP) is 3.16. The lowest BCUT2D eigenvalue weighted by molar-refractivity contribution is -0.136. The maximum atomic E-state index is 13.4. The van der Waals surface area contributed by atoms with Crippen molar-refractivity contribution >= 4 is 23.2 Å². The van der Waals surface area contributed by atoms with Gasteiger partial charge in [0.15, 0.2) is 11.5 Å². The number of amides is 2. The first-order valence-electron chi connectivity index (χ1n) is 9.84. The van der Waals surface area contributed by atoms with E-state index in [1.54, 1.807) is 12.1 Å². The fraction of sp³-hybridized carbons (Fsp3) is 0.348. The Morgan fingerprint density at radius 3 is 2.16 bits per heavy atom. The molecular formula is C23H24N2O6. The molecule has 0 radical (unpaired) electrons. The van der Waals surface area contributed by atoms with Crippen molar-refractivity contribution in [2.75, 3.05) is 26.2 Å². The third-order valence-electron chi connectivity index (χ3n) is 5.74. The molecule has 1 fully saturated rings. The smallest absolute Gasteiger partial charge is 0.281 e. The molecule has 2 heterocycles. The molecule has 1 spiro atoms. The number of oxime groups is 1. The Hall–Kier alpha value is -3.55. The minimum absolute atomic E-state index is 0.0811. The summed E-state index contributed by atoms with van der Waals surface area (Å²) in [5.74, 6) is 0.783. The van der Waals surface area contributed by atoms with Gasteiger partial charge in [-0.05, 0) is 31.0 Å². The Morgan fingerprint density at radius 1 is 0.935 bits per heavy atom. The average Bonchev–Trinajstić information content (AvgIpc) is 3.28. The second kappa shape index (κ2) is 7.61. The molecule has 162 valence electrons. The molecule has 0 unspecified atom stereocenters. The van der Waals surface area contributed by atoms with E-state index in [2.05, 4.69) is 5.16 Å². The molecule has 2 aliphatic heterocycles. The van der Waals surface area contributed by atoms with E-state index in [4.69, 9.17) is 19.0 Å². The Labute approximate surface area is 180 Å². The summed E-state index contributed by atoms with van der Waals surface area (Å²) in [5, 5.41) is 4.18. The van der Waals surface area contributed by atoms with E-state index in [0.717, 1.165) is 11.1 Å². The van der Waals surface area contributed by atoms with Crippen LogP contribution in [0, 0.1) is 13.8 Å². The summed E-state index contributed by atoms with van der Waals surface area (Å²) in [6.45, 7) is 3.75. The maximum absolute atomic E-state index is 13.4. The van der Waals surface area contributed by atoms with Gasteiger partial charge >= 0.3 is 0 Å². The molecule has 0 aliphatic carbocycles. The van der Waals surface area contributed by atoms with Gasteiger partial charge in [-0.1, -0.05) is 23.4 Å². The molecule has 2 aromatic carbocycles. The van der Waals surface area contributed by atoms with Gasteiger partial charge in [0.1, 0.15) is 5.75 Å². The molecule has 2 amide bonds. The highest BCUT2D eigenvalue weighted by Gasteiger charge is 2.58. The molecule has 1 saturated heterocycles. The molecule has 0 saturated carbocycles. The minimum Gasteiger partial charge on any atom is -0.496 e. The van der Waals surface area contributed by atoms with Crippen molar-refractivity contribution in [1.82, 2.24) is 0 Å². The van der Waals surface area contributed by atoms with Gasteiger partial charge in [0.2, 0.25) is 11.5 Å². The maximum Gasteiger partial charge on any atom is 0.281 e. The number of anilines is 1. The van der Waals surface area contributed by atoms with Crippen molar-refractivity contribution < 1.29 is 28.6 Å². The van der Waals surface area contributed by atoms with E-state index in [1.807, 2.05) is 32.0 Å². The molecule has 2 aliphatic rings. The van der Waals surface area contributed by atoms with Gasteiger partial charge in [0, 0.05) is 18.1 Å². The van der Waals surface area contributed by atoms with Crippen molar-refractivity contribution in [2.45, 2.75) is 32.3 Å². The van der Waals surface area contributed by atoms with Crippen molar-refractivity contribution in [3.63, 3.8) is 0 Å². The first-order valence-corrected chi connectivity index (χ1v) is 9.84. The lowest BCUT2D eigenvalue weighted by Gasteiger charge is -2.22. The molecule has 2 aromatic rings. The van der Waals surface area contributed by atoms with E-state index < -0.39 is 11.5 Å². The standard InChI is InChI=1S/C23H24N2O6/c1-13-7-6-8-14(2)21(13)25-20(26)12-23(22(25)27)11-16(24-31-23)15-9-18(29-4)19(30-5)10-17(15)28-3/h6-10H,11-12H2,1-5H3/t23-/m0/s1. The number of ether oxygens (including phenoxy) is 3. The molecule has 4 rings (SSSR count). The van der Waals surface area contributed by atoms with Gasteiger partial charge in [-0.3, -0.25) is 9.59 Å². The van der Waals surface area contributed by atoms with Crippen LogP contribution in [0.25, 0.3) is 0 Å². The normalized spacial score (nSPS) is 20.2. The molecule has 0 aromatic heterocycles. The number of imide groups is 1. The number of benzene rings is 2. The summed E-state index contributed by atoms with van der Waals surface area (Å²) in [5.41, 5.74) is 2.05. The lowest BCUT2D eigenvalue weighted by atomic mass is 9.92. The van der Waals surface area contributed by atoms with Crippen LogP contribution in [0.4, 0.5) is 5.69 Å². The van der Waals surface area contributed by atoms with Crippen molar-refractivity contribution in [2.24, 2.45) is 5.16 Å². The van der Waals surface area contributed by atoms with E-state index >= 15 is 0 Å². The Bertz CT molecular complexity index is 1090. The Kier molecular flexibility index (Phi) is 5.08. The molecule has 8 heteroatoms. The first-order chi connectivity index (χ1) is 14.8. The number of carbonyl (C=O) groups is 2. The van der Waals surface area contributed by atoms with Gasteiger partial charge in [0.05, 0.1) is 39.1 Å². The second-order valence-corrected chi connectivity index (χ2v) is 7.66. The van der Waals surface area contributed by atoms with Gasteiger partial charge in [-0.2, -0.15) is 0 Å². The van der Waals surface area contributed by atoms with E-state index in [0.29, 0.717) is 34.2 Å². The van der Waals surface area contributed by atoms with E-state index in [1.165, 1.54) is 26.2 Å². The highest BCUT2D eigenvalue weighted by molar-refractivity contribution is 6.26. The number of nitrogens with zero attached hydrogens (tertiary/aromatic N) is 2. The number of rotatable bonds is 5. The van der Waals surface area contributed by atoms with Crippen LogP contribution in [0.3, 0.4) is 0 Å². The lowest BCUT2D eigenvalue weighted by Crippen LogP contribution is -2.41. The van der Waals surface area contributed by atoms with E-state index in [-0.39, 0.29) is 18.7 Å². The summed E-state index contributed by atoms with van der Waals surface area (Å²) < 4.78 is 16.2. The molecule has 0 N–H and O–H groups in total. The first kappa shape index (κ1) is 20.7. The zero-order valence-electron chi connectivity index (χ0n) is 18.1. The molecule has 0 bridgehead atoms. The number of aryl methyl sites for hydroxylation is 2. The summed E-state index contributed by atoms with van der Waals surface area (Å²) in [7, 11) is 4.60.